The van der Waals surface area contributed by atoms with Crippen LogP contribution in [0.1, 0.15) is 39.3 Å². The van der Waals surface area contributed by atoms with Crippen LogP contribution in [0.5, 0.6) is 0 Å². The third-order valence-electron chi connectivity index (χ3n) is 2.44. The normalized spacial score (nSPS) is 13.7. The average Bonchev–Trinajstić information content (AvgIpc) is 2.25. The molecule has 0 aromatic heterocycles. The Hall–Kier alpha value is -1.60. The Balaban J connectivity index is 2.74. The zero-order valence-corrected chi connectivity index (χ0v) is 12.8. The van der Waals surface area contributed by atoms with Crippen LogP contribution in [0.15, 0.2) is 29.2 Å². The van der Waals surface area contributed by atoms with Gasteiger partial charge in [-0.3, -0.25) is 0 Å². The Bertz CT molecular complexity index is 573. The van der Waals surface area contributed by atoms with Gasteiger partial charge in [0.1, 0.15) is 5.60 Å². The lowest BCUT2D eigenvalue weighted by atomic mass is 10.1. The minimum atomic E-state index is -3.70. The number of primary sulfonamides is 1. The van der Waals surface area contributed by atoms with Gasteiger partial charge >= 0.3 is 6.09 Å². The smallest absolute Gasteiger partial charge is 0.408 e. The van der Waals surface area contributed by atoms with Gasteiger partial charge in [-0.1, -0.05) is 12.1 Å². The van der Waals surface area contributed by atoms with Gasteiger partial charge in [-0.15, -0.1) is 0 Å². The summed E-state index contributed by atoms with van der Waals surface area (Å²) in [4.78, 5) is 11.7. The van der Waals surface area contributed by atoms with Crippen molar-refractivity contribution in [3.8, 4) is 0 Å². The third-order valence-corrected chi connectivity index (χ3v) is 3.37. The fraction of sp³-hybridized carbons (Fsp3) is 0.462. The van der Waals surface area contributed by atoms with Gasteiger partial charge in [-0.05, 0) is 45.4 Å². The van der Waals surface area contributed by atoms with Crippen molar-refractivity contribution in [2.45, 2.75) is 44.2 Å². The van der Waals surface area contributed by atoms with Crippen LogP contribution in [0.4, 0.5) is 4.79 Å². The quantitative estimate of drug-likeness (QED) is 0.890. The molecular weight excluding hydrogens is 280 g/mol. The average molecular weight is 300 g/mol. The molecule has 1 amide bonds. The van der Waals surface area contributed by atoms with Crippen LogP contribution in [0.3, 0.4) is 0 Å². The van der Waals surface area contributed by atoms with Crippen molar-refractivity contribution in [3.05, 3.63) is 29.8 Å². The van der Waals surface area contributed by atoms with Crippen LogP contribution >= 0.6 is 0 Å². The maximum Gasteiger partial charge on any atom is 0.408 e. The van der Waals surface area contributed by atoms with Gasteiger partial charge in [-0.2, -0.15) is 0 Å². The molecule has 0 radical (unpaired) electrons. The predicted octanol–water partition coefficient (Wildman–Crippen LogP) is 1.92. The molecular formula is C13H20N2O4S. The molecule has 0 aliphatic rings. The molecule has 1 rings (SSSR count). The van der Waals surface area contributed by atoms with Crippen molar-refractivity contribution in [2.75, 3.05) is 0 Å². The van der Waals surface area contributed by atoms with Crippen LogP contribution < -0.4 is 10.5 Å². The fourth-order valence-corrected chi connectivity index (χ4v) is 2.03. The van der Waals surface area contributed by atoms with E-state index in [1.807, 2.05) is 0 Å². The Morgan fingerprint density at radius 1 is 1.25 bits per heavy atom. The third kappa shape index (κ3) is 5.18. The molecule has 1 aromatic rings. The standard InChI is InChI=1S/C13H20N2O4S/c1-9(15-12(16)19-13(2,3)4)10-5-7-11(8-6-10)20(14,17)18/h5-9H,1-4H3,(H,15,16)(H2,14,17,18)/t9-/m0/s1. The highest BCUT2D eigenvalue weighted by Crippen LogP contribution is 2.16. The summed E-state index contributed by atoms with van der Waals surface area (Å²) in [7, 11) is -3.70. The molecule has 7 heteroatoms. The molecule has 112 valence electrons. The molecule has 0 bridgehead atoms. The first kappa shape index (κ1) is 16.5. The van der Waals surface area contributed by atoms with E-state index < -0.39 is 21.7 Å². The Kier molecular flexibility index (Phi) is 4.77. The number of sulfonamides is 1. The first-order chi connectivity index (χ1) is 8.99. The highest BCUT2D eigenvalue weighted by Gasteiger charge is 2.18. The second-order valence-electron chi connectivity index (χ2n) is 5.48. The molecule has 3 N–H and O–H groups in total. The zero-order valence-electron chi connectivity index (χ0n) is 12.0. The lowest BCUT2D eigenvalue weighted by Gasteiger charge is -2.22. The summed E-state index contributed by atoms with van der Waals surface area (Å²) in [5, 5.41) is 7.68. The first-order valence-corrected chi connectivity index (χ1v) is 7.66. The molecule has 0 fully saturated rings. The summed E-state index contributed by atoms with van der Waals surface area (Å²) < 4.78 is 27.4. The number of carbonyl (C=O) groups excluding carboxylic acids is 1. The number of nitrogens with one attached hydrogen (secondary N) is 1. The van der Waals surface area contributed by atoms with E-state index in [2.05, 4.69) is 5.32 Å². The van der Waals surface area contributed by atoms with Crippen molar-refractivity contribution in [1.82, 2.24) is 5.32 Å². The van der Waals surface area contributed by atoms with E-state index in [0.29, 0.717) is 0 Å². The number of amides is 1. The summed E-state index contributed by atoms with van der Waals surface area (Å²) >= 11 is 0. The maximum absolute atomic E-state index is 11.6. The van der Waals surface area contributed by atoms with Crippen LogP contribution in [-0.4, -0.2) is 20.1 Å². The van der Waals surface area contributed by atoms with Gasteiger partial charge in [0.05, 0.1) is 10.9 Å². The van der Waals surface area contributed by atoms with Gasteiger partial charge < -0.3 is 10.1 Å². The number of ether oxygens (including phenoxy) is 1. The first-order valence-electron chi connectivity index (χ1n) is 6.11. The molecule has 0 saturated heterocycles. The maximum atomic E-state index is 11.6. The second-order valence-corrected chi connectivity index (χ2v) is 7.04. The monoisotopic (exact) mass is 300 g/mol. The molecule has 1 aromatic carbocycles. The minimum Gasteiger partial charge on any atom is -0.444 e. The molecule has 0 saturated carbocycles. The molecule has 6 nitrogen and oxygen atoms in total. The number of hydrogen-bond donors (Lipinski definition) is 2. The van der Waals surface area contributed by atoms with Crippen molar-refractivity contribution in [1.29, 1.82) is 0 Å². The van der Waals surface area contributed by atoms with Crippen LogP contribution in [-0.2, 0) is 14.8 Å². The van der Waals surface area contributed by atoms with E-state index in [-0.39, 0.29) is 10.9 Å². The zero-order chi connectivity index (χ0) is 15.6. The van der Waals surface area contributed by atoms with Crippen molar-refractivity contribution < 1.29 is 17.9 Å². The molecule has 0 unspecified atom stereocenters. The topological polar surface area (TPSA) is 98.5 Å². The molecule has 20 heavy (non-hydrogen) atoms. The largest absolute Gasteiger partial charge is 0.444 e. The van der Waals surface area contributed by atoms with Gasteiger partial charge in [-0.25, -0.2) is 18.4 Å². The number of carbonyl (C=O) groups is 1. The minimum absolute atomic E-state index is 0.0331. The summed E-state index contributed by atoms with van der Waals surface area (Å²) in [5.41, 5.74) is 0.185. The number of nitrogens with two attached hydrogens (primary N) is 1. The lowest BCUT2D eigenvalue weighted by molar-refractivity contribution is 0.0508. The van der Waals surface area contributed by atoms with Gasteiger partial charge in [0.2, 0.25) is 10.0 Å². The summed E-state index contributed by atoms with van der Waals surface area (Å²) in [6.07, 6.45) is -0.527. The van der Waals surface area contributed by atoms with Crippen molar-refractivity contribution in [3.63, 3.8) is 0 Å². The Morgan fingerprint density at radius 2 is 1.75 bits per heavy atom. The summed E-state index contributed by atoms with van der Waals surface area (Å²) in [6.45, 7) is 7.10. The van der Waals surface area contributed by atoms with Gasteiger partial charge in [0.15, 0.2) is 0 Å². The lowest BCUT2D eigenvalue weighted by Crippen LogP contribution is -2.34. The van der Waals surface area contributed by atoms with E-state index in [0.717, 1.165) is 5.56 Å². The summed E-state index contributed by atoms with van der Waals surface area (Å²) in [6, 6.07) is 5.69. The highest BCUT2D eigenvalue weighted by atomic mass is 32.2. The SMILES string of the molecule is C[C@H](NC(=O)OC(C)(C)C)c1ccc(S(N)(=O)=O)cc1. The fourth-order valence-electron chi connectivity index (χ4n) is 1.51. The number of benzene rings is 1. The van der Waals surface area contributed by atoms with E-state index in [1.165, 1.54) is 12.1 Å². The van der Waals surface area contributed by atoms with Crippen molar-refractivity contribution in [2.24, 2.45) is 5.14 Å². The number of alkyl carbamates (subject to hydrolysis) is 1. The Morgan fingerprint density at radius 3 is 2.15 bits per heavy atom. The molecule has 0 aliphatic carbocycles. The molecule has 0 aliphatic heterocycles. The second kappa shape index (κ2) is 5.80. The highest BCUT2D eigenvalue weighted by molar-refractivity contribution is 7.89. The number of hydrogen-bond acceptors (Lipinski definition) is 4. The van der Waals surface area contributed by atoms with E-state index >= 15 is 0 Å². The van der Waals surface area contributed by atoms with E-state index in [9.17, 15) is 13.2 Å². The van der Waals surface area contributed by atoms with E-state index in [1.54, 1.807) is 39.8 Å². The van der Waals surface area contributed by atoms with Crippen molar-refractivity contribution >= 4 is 16.1 Å². The molecule has 1 atom stereocenters. The summed E-state index contributed by atoms with van der Waals surface area (Å²) in [5.74, 6) is 0. The van der Waals surface area contributed by atoms with Crippen LogP contribution in [0.25, 0.3) is 0 Å². The van der Waals surface area contributed by atoms with Gasteiger partial charge in [0, 0.05) is 0 Å². The van der Waals surface area contributed by atoms with Crippen LogP contribution in [0.2, 0.25) is 0 Å². The predicted molar refractivity (Wildman–Crippen MR) is 75.6 cm³/mol. The van der Waals surface area contributed by atoms with E-state index in [4.69, 9.17) is 9.88 Å². The molecule has 0 heterocycles. The Labute approximate surface area is 119 Å². The molecule has 0 spiro atoms. The van der Waals surface area contributed by atoms with Crippen LogP contribution in [0, 0.1) is 0 Å². The van der Waals surface area contributed by atoms with Gasteiger partial charge in [0.25, 0.3) is 0 Å². The number of rotatable bonds is 3.